The molecule has 0 saturated carbocycles. The van der Waals surface area contributed by atoms with E-state index < -0.39 is 0 Å². The molecule has 0 aliphatic carbocycles. The topological polar surface area (TPSA) is 3.88 Å². The molecule has 88 valence electrons. The second-order valence-corrected chi connectivity index (χ2v) is 4.35. The van der Waals surface area contributed by atoms with Crippen molar-refractivity contribution in [2.75, 3.05) is 0 Å². The van der Waals surface area contributed by atoms with Crippen molar-refractivity contribution in [1.29, 1.82) is 0 Å². The first-order valence-corrected chi connectivity index (χ1v) is 5.94. The first kappa shape index (κ1) is 10.9. The van der Waals surface area contributed by atoms with Gasteiger partial charge in [0, 0.05) is 22.4 Å². The minimum Gasteiger partial charge on any atom is -0.206 e. The van der Waals surface area contributed by atoms with Gasteiger partial charge in [0.05, 0.1) is 0 Å². The van der Waals surface area contributed by atoms with Crippen molar-refractivity contribution in [3.63, 3.8) is 0 Å². The molecular weight excluding hydrogens is 225 g/mol. The summed E-state index contributed by atoms with van der Waals surface area (Å²) in [6, 6.07) is 17.2. The van der Waals surface area contributed by atoms with E-state index >= 15 is 0 Å². The third kappa shape index (κ3) is 2.09. The summed E-state index contributed by atoms with van der Waals surface area (Å²) in [5.41, 5.74) is 1.23. The Balaban J connectivity index is 1.99. The van der Waals surface area contributed by atoms with E-state index in [2.05, 4.69) is 16.7 Å². The first-order chi connectivity index (χ1) is 8.83. The molecule has 3 rings (SSSR count). The van der Waals surface area contributed by atoms with Gasteiger partial charge in [-0.2, -0.15) is 0 Å². The molecule has 0 bridgehead atoms. The van der Waals surface area contributed by atoms with Gasteiger partial charge in [-0.05, 0) is 12.1 Å². The quantitative estimate of drug-likeness (QED) is 0.603. The number of nitrogens with zero attached hydrogens (tertiary/aromatic N) is 1. The second kappa shape index (κ2) is 4.57. The van der Waals surface area contributed by atoms with E-state index in [0.29, 0.717) is 5.39 Å². The molecular formula is C16H13FN+. The number of hydrogen-bond donors (Lipinski definition) is 0. The van der Waals surface area contributed by atoms with Gasteiger partial charge >= 0.3 is 0 Å². The predicted molar refractivity (Wildman–Crippen MR) is 69.6 cm³/mol. The van der Waals surface area contributed by atoms with E-state index in [1.54, 1.807) is 6.07 Å². The lowest BCUT2D eigenvalue weighted by Gasteiger charge is -2.00. The summed E-state index contributed by atoms with van der Waals surface area (Å²) in [6.07, 6.45) is 3.89. The van der Waals surface area contributed by atoms with Gasteiger partial charge in [0.2, 0.25) is 0 Å². The van der Waals surface area contributed by atoms with Crippen molar-refractivity contribution in [2.45, 2.75) is 6.54 Å². The van der Waals surface area contributed by atoms with Crippen LogP contribution < -0.4 is 4.57 Å². The Labute approximate surface area is 105 Å². The Morgan fingerprint density at radius 2 is 1.72 bits per heavy atom. The number of aromatic nitrogens is 1. The molecule has 0 unspecified atom stereocenters. The van der Waals surface area contributed by atoms with Crippen LogP contribution in [0.15, 0.2) is 67.0 Å². The maximum Gasteiger partial charge on any atom is 0.177 e. The molecule has 1 heterocycles. The lowest BCUT2D eigenvalue weighted by molar-refractivity contribution is -0.687. The maximum absolute atomic E-state index is 13.5. The Hall–Kier alpha value is -2.22. The highest BCUT2D eigenvalue weighted by Crippen LogP contribution is 2.14. The Kier molecular flexibility index (Phi) is 2.77. The van der Waals surface area contributed by atoms with Gasteiger partial charge in [-0.3, -0.25) is 0 Å². The number of fused-ring (bicyclic) bond motifs is 1. The van der Waals surface area contributed by atoms with Gasteiger partial charge in [0.15, 0.2) is 18.9 Å². The number of hydrogen-bond acceptors (Lipinski definition) is 0. The molecule has 0 atom stereocenters. The van der Waals surface area contributed by atoms with Crippen LogP contribution in [0.4, 0.5) is 4.39 Å². The third-order valence-corrected chi connectivity index (χ3v) is 3.03. The Bertz CT molecular complexity index is 677. The summed E-state index contributed by atoms with van der Waals surface area (Å²) in [4.78, 5) is 0. The summed E-state index contributed by atoms with van der Waals surface area (Å²) < 4.78 is 15.6. The van der Waals surface area contributed by atoms with Crippen molar-refractivity contribution >= 4 is 10.8 Å². The molecule has 3 aromatic rings. The molecule has 1 nitrogen and oxygen atoms in total. The number of pyridine rings is 1. The van der Waals surface area contributed by atoms with Gasteiger partial charge < -0.3 is 0 Å². The van der Waals surface area contributed by atoms with Crippen LogP contribution in [0.1, 0.15) is 5.56 Å². The fourth-order valence-electron chi connectivity index (χ4n) is 2.13. The zero-order valence-electron chi connectivity index (χ0n) is 9.88. The van der Waals surface area contributed by atoms with Crippen LogP contribution in [0.5, 0.6) is 0 Å². The lowest BCUT2D eigenvalue weighted by atomic mass is 10.1. The Morgan fingerprint density at radius 1 is 0.889 bits per heavy atom. The average Bonchev–Trinajstić information content (AvgIpc) is 2.40. The van der Waals surface area contributed by atoms with Gasteiger partial charge in [0.25, 0.3) is 0 Å². The summed E-state index contributed by atoms with van der Waals surface area (Å²) in [6.45, 7) is 0.799. The summed E-state index contributed by atoms with van der Waals surface area (Å²) in [5, 5.41) is 1.59. The molecule has 0 fully saturated rings. The van der Waals surface area contributed by atoms with Crippen LogP contribution in [0.2, 0.25) is 0 Å². The van der Waals surface area contributed by atoms with Gasteiger partial charge in [-0.15, -0.1) is 0 Å². The molecule has 0 saturated heterocycles. The number of rotatable bonds is 2. The fourth-order valence-corrected chi connectivity index (χ4v) is 2.13. The normalized spacial score (nSPS) is 10.7. The van der Waals surface area contributed by atoms with Crippen molar-refractivity contribution in [2.24, 2.45) is 0 Å². The molecule has 2 aromatic carbocycles. The molecule has 0 spiro atoms. The molecule has 0 aliphatic rings. The third-order valence-electron chi connectivity index (χ3n) is 3.03. The van der Waals surface area contributed by atoms with Crippen molar-refractivity contribution in [3.8, 4) is 0 Å². The highest BCUT2D eigenvalue weighted by Gasteiger charge is 2.06. The zero-order chi connectivity index (χ0) is 12.4. The minimum absolute atomic E-state index is 0.167. The van der Waals surface area contributed by atoms with Crippen molar-refractivity contribution < 1.29 is 8.96 Å². The van der Waals surface area contributed by atoms with Crippen LogP contribution in [0, 0.1) is 5.82 Å². The van der Waals surface area contributed by atoms with Gasteiger partial charge in [-0.1, -0.05) is 36.4 Å². The van der Waals surface area contributed by atoms with E-state index in [4.69, 9.17) is 0 Å². The summed E-state index contributed by atoms with van der Waals surface area (Å²) in [5.74, 6) is -0.167. The lowest BCUT2D eigenvalue weighted by Crippen LogP contribution is -2.33. The first-order valence-electron chi connectivity index (χ1n) is 5.94. The van der Waals surface area contributed by atoms with E-state index in [0.717, 1.165) is 11.9 Å². The predicted octanol–water partition coefficient (Wildman–Crippen LogP) is 3.31. The molecule has 18 heavy (non-hydrogen) atoms. The Morgan fingerprint density at radius 3 is 2.56 bits per heavy atom. The molecule has 1 aromatic heterocycles. The van der Waals surface area contributed by atoms with E-state index in [1.807, 2.05) is 42.7 Å². The minimum atomic E-state index is -0.167. The number of halogens is 1. The second-order valence-electron chi connectivity index (χ2n) is 4.35. The highest BCUT2D eigenvalue weighted by molar-refractivity contribution is 5.81. The molecule has 0 N–H and O–H groups in total. The summed E-state index contributed by atoms with van der Waals surface area (Å²) >= 11 is 0. The van der Waals surface area contributed by atoms with Crippen LogP contribution in [-0.2, 0) is 6.54 Å². The molecule has 0 amide bonds. The molecule has 2 heteroatoms. The van der Waals surface area contributed by atoms with Crippen LogP contribution >= 0.6 is 0 Å². The van der Waals surface area contributed by atoms with E-state index in [9.17, 15) is 4.39 Å². The summed E-state index contributed by atoms with van der Waals surface area (Å²) in [7, 11) is 0. The van der Waals surface area contributed by atoms with Gasteiger partial charge in [-0.25, -0.2) is 8.96 Å². The fraction of sp³-hybridized carbons (Fsp3) is 0.0625. The maximum atomic E-state index is 13.5. The van der Waals surface area contributed by atoms with Crippen LogP contribution in [-0.4, -0.2) is 0 Å². The monoisotopic (exact) mass is 238 g/mol. The van der Waals surface area contributed by atoms with Crippen molar-refractivity contribution in [1.82, 2.24) is 0 Å². The number of benzene rings is 2. The average molecular weight is 238 g/mol. The van der Waals surface area contributed by atoms with Gasteiger partial charge in [0.1, 0.15) is 5.82 Å². The standard InChI is InChI=1S/C16H13FN/c17-16-8-4-7-14-12-18(10-9-15(14)16)11-13-5-2-1-3-6-13/h1-10,12H,11H2/q+1. The van der Waals surface area contributed by atoms with E-state index in [-0.39, 0.29) is 5.82 Å². The molecule has 0 aliphatic heterocycles. The molecule has 0 radical (unpaired) electrons. The van der Waals surface area contributed by atoms with Crippen LogP contribution in [0.3, 0.4) is 0 Å². The van der Waals surface area contributed by atoms with Crippen LogP contribution in [0.25, 0.3) is 10.8 Å². The van der Waals surface area contributed by atoms with Crippen molar-refractivity contribution in [3.05, 3.63) is 78.4 Å². The smallest absolute Gasteiger partial charge is 0.177 e. The zero-order valence-corrected chi connectivity index (χ0v) is 9.88. The largest absolute Gasteiger partial charge is 0.206 e. The highest BCUT2D eigenvalue weighted by atomic mass is 19.1. The SMILES string of the molecule is Fc1cccc2c[n+](Cc3ccccc3)ccc12. The van der Waals surface area contributed by atoms with E-state index in [1.165, 1.54) is 11.6 Å².